The van der Waals surface area contributed by atoms with E-state index in [4.69, 9.17) is 5.26 Å². The zero-order valence-electron chi connectivity index (χ0n) is 9.67. The van der Waals surface area contributed by atoms with Crippen LogP contribution >= 0.6 is 0 Å². The van der Waals surface area contributed by atoms with E-state index in [-0.39, 0.29) is 10.5 Å². The van der Waals surface area contributed by atoms with Crippen LogP contribution in [0.1, 0.15) is 5.56 Å². The molecule has 19 heavy (non-hydrogen) atoms. The standard InChI is InChI=1S/C13H9FN2O2S/c14-13-7-6-12(8-10(13)9-15)19(17,18)16-11-4-2-1-3-5-11/h1-8,16H. The first kappa shape index (κ1) is 13.1. The first-order valence-corrected chi connectivity index (χ1v) is 6.79. The number of nitriles is 1. The number of rotatable bonds is 3. The highest BCUT2D eigenvalue weighted by Crippen LogP contribution is 2.18. The largest absolute Gasteiger partial charge is 0.280 e. The third-order valence-corrected chi connectivity index (χ3v) is 3.77. The van der Waals surface area contributed by atoms with Gasteiger partial charge in [-0.25, -0.2) is 12.8 Å². The van der Waals surface area contributed by atoms with Gasteiger partial charge in [0.1, 0.15) is 11.9 Å². The van der Waals surface area contributed by atoms with E-state index in [0.29, 0.717) is 5.69 Å². The second kappa shape index (κ2) is 5.08. The molecule has 0 heterocycles. The molecular weight excluding hydrogens is 267 g/mol. The molecule has 4 nitrogen and oxygen atoms in total. The van der Waals surface area contributed by atoms with E-state index in [1.807, 2.05) is 0 Å². The van der Waals surface area contributed by atoms with Crippen LogP contribution < -0.4 is 4.72 Å². The van der Waals surface area contributed by atoms with Crippen LogP contribution in [0.15, 0.2) is 53.4 Å². The predicted molar refractivity (Wildman–Crippen MR) is 68.4 cm³/mol. The molecule has 2 aromatic rings. The zero-order chi connectivity index (χ0) is 13.9. The number of para-hydroxylation sites is 1. The molecule has 0 spiro atoms. The fraction of sp³-hybridized carbons (Fsp3) is 0. The number of benzene rings is 2. The smallest absolute Gasteiger partial charge is 0.261 e. The molecule has 0 aromatic heterocycles. The SMILES string of the molecule is N#Cc1cc(S(=O)(=O)Nc2ccccc2)ccc1F. The van der Waals surface area contributed by atoms with Gasteiger partial charge in [0.05, 0.1) is 10.5 Å². The normalized spacial score (nSPS) is 10.7. The van der Waals surface area contributed by atoms with Gasteiger partial charge in [-0.05, 0) is 30.3 Å². The van der Waals surface area contributed by atoms with Crippen molar-refractivity contribution in [3.05, 3.63) is 59.9 Å². The summed E-state index contributed by atoms with van der Waals surface area (Å²) >= 11 is 0. The summed E-state index contributed by atoms with van der Waals surface area (Å²) in [6.07, 6.45) is 0. The van der Waals surface area contributed by atoms with Crippen molar-refractivity contribution < 1.29 is 12.8 Å². The highest BCUT2D eigenvalue weighted by molar-refractivity contribution is 7.92. The van der Waals surface area contributed by atoms with Crippen LogP contribution in [0.5, 0.6) is 0 Å². The van der Waals surface area contributed by atoms with Gasteiger partial charge in [-0.3, -0.25) is 4.72 Å². The van der Waals surface area contributed by atoms with Gasteiger partial charge in [-0.15, -0.1) is 0 Å². The molecule has 0 unspecified atom stereocenters. The topological polar surface area (TPSA) is 70.0 Å². The minimum atomic E-state index is -3.83. The highest BCUT2D eigenvalue weighted by atomic mass is 32.2. The second-order valence-electron chi connectivity index (χ2n) is 3.72. The average Bonchev–Trinajstić information content (AvgIpc) is 2.39. The van der Waals surface area contributed by atoms with E-state index in [1.165, 1.54) is 0 Å². The molecule has 0 atom stereocenters. The van der Waals surface area contributed by atoms with Gasteiger partial charge < -0.3 is 0 Å². The Bertz CT molecular complexity index is 737. The fourth-order valence-electron chi connectivity index (χ4n) is 1.48. The van der Waals surface area contributed by atoms with Crippen LogP contribution in [0.4, 0.5) is 10.1 Å². The molecule has 0 radical (unpaired) electrons. The molecule has 0 aliphatic heterocycles. The molecule has 96 valence electrons. The van der Waals surface area contributed by atoms with Crippen LogP contribution in [0, 0.1) is 17.1 Å². The number of nitrogens with one attached hydrogen (secondary N) is 1. The molecule has 0 bridgehead atoms. The Balaban J connectivity index is 2.38. The highest BCUT2D eigenvalue weighted by Gasteiger charge is 2.16. The van der Waals surface area contributed by atoms with Crippen molar-refractivity contribution in [2.45, 2.75) is 4.90 Å². The lowest BCUT2D eigenvalue weighted by Gasteiger charge is -2.08. The van der Waals surface area contributed by atoms with Gasteiger partial charge >= 0.3 is 0 Å². The molecule has 0 fully saturated rings. The summed E-state index contributed by atoms with van der Waals surface area (Å²) in [6.45, 7) is 0. The summed E-state index contributed by atoms with van der Waals surface area (Å²) in [4.78, 5) is -0.158. The van der Waals surface area contributed by atoms with Gasteiger partial charge in [-0.1, -0.05) is 18.2 Å². The zero-order valence-corrected chi connectivity index (χ0v) is 10.5. The van der Waals surface area contributed by atoms with Crippen molar-refractivity contribution in [3.8, 4) is 6.07 Å². The molecule has 0 saturated heterocycles. The van der Waals surface area contributed by atoms with Crippen LogP contribution in [0.3, 0.4) is 0 Å². The van der Waals surface area contributed by atoms with Gasteiger partial charge in [0.15, 0.2) is 0 Å². The van der Waals surface area contributed by atoms with Crippen molar-refractivity contribution in [2.24, 2.45) is 0 Å². The molecule has 2 aromatic carbocycles. The lowest BCUT2D eigenvalue weighted by atomic mass is 10.2. The maximum Gasteiger partial charge on any atom is 0.261 e. The summed E-state index contributed by atoms with van der Waals surface area (Å²) in [6, 6.07) is 13.0. The average molecular weight is 276 g/mol. The first-order chi connectivity index (χ1) is 9.03. The summed E-state index contributed by atoms with van der Waals surface area (Å²) < 4.78 is 39.6. The Morgan fingerprint density at radius 2 is 1.79 bits per heavy atom. The number of anilines is 1. The first-order valence-electron chi connectivity index (χ1n) is 5.30. The van der Waals surface area contributed by atoms with Crippen molar-refractivity contribution in [2.75, 3.05) is 4.72 Å². The molecular formula is C13H9FN2O2S. The Labute approximate surface area is 110 Å². The fourth-order valence-corrected chi connectivity index (χ4v) is 2.56. The van der Waals surface area contributed by atoms with Gasteiger partial charge in [0, 0.05) is 5.69 Å². The third-order valence-electron chi connectivity index (χ3n) is 2.39. The molecule has 1 N–H and O–H groups in total. The van der Waals surface area contributed by atoms with Crippen molar-refractivity contribution in [3.63, 3.8) is 0 Å². The van der Waals surface area contributed by atoms with Gasteiger partial charge in [0.2, 0.25) is 0 Å². The quantitative estimate of drug-likeness (QED) is 0.936. The van der Waals surface area contributed by atoms with E-state index in [9.17, 15) is 12.8 Å². The van der Waals surface area contributed by atoms with E-state index >= 15 is 0 Å². The van der Waals surface area contributed by atoms with Crippen molar-refractivity contribution in [1.82, 2.24) is 0 Å². The molecule has 2 rings (SSSR count). The summed E-state index contributed by atoms with van der Waals surface area (Å²) in [7, 11) is -3.83. The molecule has 6 heteroatoms. The maximum atomic E-state index is 13.1. The predicted octanol–water partition coefficient (Wildman–Crippen LogP) is 2.50. The van der Waals surface area contributed by atoms with Crippen LogP contribution in [-0.4, -0.2) is 8.42 Å². The number of nitrogens with zero attached hydrogens (tertiary/aromatic N) is 1. The second-order valence-corrected chi connectivity index (χ2v) is 5.41. The van der Waals surface area contributed by atoms with Gasteiger partial charge in [-0.2, -0.15) is 5.26 Å². The van der Waals surface area contributed by atoms with E-state index in [2.05, 4.69) is 4.72 Å². The number of sulfonamides is 1. The monoisotopic (exact) mass is 276 g/mol. The van der Waals surface area contributed by atoms with Gasteiger partial charge in [0.25, 0.3) is 10.0 Å². The Morgan fingerprint density at radius 1 is 1.11 bits per heavy atom. The van der Waals surface area contributed by atoms with E-state index in [1.54, 1.807) is 36.4 Å². The number of hydrogen-bond acceptors (Lipinski definition) is 3. The number of halogens is 1. The Kier molecular flexibility index (Phi) is 3.49. The molecule has 0 aliphatic rings. The maximum absolute atomic E-state index is 13.1. The lowest BCUT2D eigenvalue weighted by molar-refractivity contribution is 0.599. The third kappa shape index (κ3) is 2.89. The number of hydrogen-bond donors (Lipinski definition) is 1. The molecule has 0 amide bonds. The van der Waals surface area contributed by atoms with Crippen molar-refractivity contribution in [1.29, 1.82) is 5.26 Å². The summed E-state index contributed by atoms with van der Waals surface area (Å²) in [5, 5.41) is 8.69. The van der Waals surface area contributed by atoms with Crippen LogP contribution in [-0.2, 0) is 10.0 Å². The summed E-state index contributed by atoms with van der Waals surface area (Å²) in [5.74, 6) is -0.749. The minimum absolute atomic E-state index is 0.158. The minimum Gasteiger partial charge on any atom is -0.280 e. The lowest BCUT2D eigenvalue weighted by Crippen LogP contribution is -2.13. The van der Waals surface area contributed by atoms with Crippen molar-refractivity contribution >= 4 is 15.7 Å². The molecule has 0 saturated carbocycles. The summed E-state index contributed by atoms with van der Waals surface area (Å²) in [5.41, 5.74) is 0.0845. The van der Waals surface area contributed by atoms with Crippen LogP contribution in [0.2, 0.25) is 0 Å². The molecule has 0 aliphatic carbocycles. The Hall–Kier alpha value is -2.39. The Morgan fingerprint density at radius 3 is 2.42 bits per heavy atom. The van der Waals surface area contributed by atoms with E-state index < -0.39 is 15.8 Å². The van der Waals surface area contributed by atoms with E-state index in [0.717, 1.165) is 18.2 Å². The van der Waals surface area contributed by atoms with Crippen LogP contribution in [0.25, 0.3) is 0 Å².